The Morgan fingerprint density at radius 1 is 1.16 bits per heavy atom. The van der Waals surface area contributed by atoms with Crippen molar-refractivity contribution in [3.63, 3.8) is 0 Å². The van der Waals surface area contributed by atoms with Crippen molar-refractivity contribution < 1.29 is 4.79 Å². The Morgan fingerprint density at radius 2 is 1.84 bits per heavy atom. The molecule has 0 bridgehead atoms. The Balaban J connectivity index is 2.03. The summed E-state index contributed by atoms with van der Waals surface area (Å²) in [4.78, 5) is 12.1. The van der Waals surface area contributed by atoms with Crippen molar-refractivity contribution in [2.45, 2.75) is 32.7 Å². The summed E-state index contributed by atoms with van der Waals surface area (Å²) in [6.45, 7) is 6.21. The van der Waals surface area contributed by atoms with E-state index >= 15 is 0 Å². The summed E-state index contributed by atoms with van der Waals surface area (Å²) in [5.41, 5.74) is 2.88. The Hall–Kier alpha value is -2.10. The van der Waals surface area contributed by atoms with Crippen molar-refractivity contribution in [2.24, 2.45) is 0 Å². The molecule has 1 amide bonds. The van der Waals surface area contributed by atoms with Crippen LogP contribution in [0.4, 0.5) is 0 Å². The van der Waals surface area contributed by atoms with Gasteiger partial charge >= 0.3 is 0 Å². The highest BCUT2D eigenvalue weighted by Gasteiger charge is 2.12. The summed E-state index contributed by atoms with van der Waals surface area (Å²) in [7, 11) is 0. The van der Waals surface area contributed by atoms with E-state index in [2.05, 4.69) is 29.4 Å². The maximum Gasteiger partial charge on any atom is 0.251 e. The van der Waals surface area contributed by atoms with E-state index in [0.717, 1.165) is 5.56 Å². The van der Waals surface area contributed by atoms with Crippen molar-refractivity contribution in [1.82, 2.24) is 15.5 Å². The average molecular weight is 257 g/mol. The monoisotopic (exact) mass is 257 g/mol. The van der Waals surface area contributed by atoms with Gasteiger partial charge in [0.05, 0.1) is 12.2 Å². The number of amides is 1. The van der Waals surface area contributed by atoms with Gasteiger partial charge in [-0.05, 0) is 30.5 Å². The van der Waals surface area contributed by atoms with E-state index in [4.69, 9.17) is 0 Å². The Morgan fingerprint density at radius 3 is 2.37 bits per heavy atom. The van der Waals surface area contributed by atoms with Crippen molar-refractivity contribution in [1.29, 1.82) is 0 Å². The number of nitrogens with zero attached hydrogens (tertiary/aromatic N) is 1. The maximum absolute atomic E-state index is 12.1. The van der Waals surface area contributed by atoms with Crippen LogP contribution in [0.1, 0.15) is 54.2 Å². The van der Waals surface area contributed by atoms with E-state index in [1.54, 1.807) is 12.4 Å². The van der Waals surface area contributed by atoms with E-state index in [1.807, 2.05) is 31.2 Å². The van der Waals surface area contributed by atoms with Crippen LogP contribution in [0.2, 0.25) is 0 Å². The first kappa shape index (κ1) is 13.3. The fourth-order valence-corrected chi connectivity index (χ4v) is 1.88. The van der Waals surface area contributed by atoms with E-state index in [-0.39, 0.29) is 11.9 Å². The van der Waals surface area contributed by atoms with Crippen LogP contribution in [-0.4, -0.2) is 16.1 Å². The van der Waals surface area contributed by atoms with Gasteiger partial charge in [0, 0.05) is 17.3 Å². The average Bonchev–Trinajstić information content (AvgIpc) is 2.92. The minimum Gasteiger partial charge on any atom is -0.345 e. The molecule has 1 aromatic carbocycles. The number of nitrogens with one attached hydrogen (secondary N) is 2. The number of rotatable bonds is 4. The third-order valence-corrected chi connectivity index (χ3v) is 3.21. The standard InChI is InChI=1S/C15H19N3O/c1-10(2)12-4-6-13(7-5-12)15(19)18-11(3)14-8-16-17-9-14/h4-11H,1-3H3,(H,16,17)(H,18,19). The number of hydrogen-bond donors (Lipinski definition) is 2. The third kappa shape index (κ3) is 3.22. The van der Waals surface area contributed by atoms with E-state index in [9.17, 15) is 4.79 Å². The summed E-state index contributed by atoms with van der Waals surface area (Å²) in [5.74, 6) is 0.408. The molecule has 0 saturated heterocycles. The molecule has 1 heterocycles. The van der Waals surface area contributed by atoms with Crippen LogP contribution in [0, 0.1) is 0 Å². The van der Waals surface area contributed by atoms with Crippen LogP contribution in [0.3, 0.4) is 0 Å². The van der Waals surface area contributed by atoms with Crippen molar-refractivity contribution >= 4 is 5.91 Å². The number of benzene rings is 1. The molecular weight excluding hydrogens is 238 g/mol. The predicted molar refractivity (Wildman–Crippen MR) is 75.0 cm³/mol. The third-order valence-electron chi connectivity index (χ3n) is 3.21. The summed E-state index contributed by atoms with van der Waals surface area (Å²) in [6, 6.07) is 7.68. The Kier molecular flexibility index (Phi) is 4.00. The topological polar surface area (TPSA) is 57.8 Å². The molecule has 4 nitrogen and oxygen atoms in total. The first-order valence-corrected chi connectivity index (χ1v) is 6.47. The first-order valence-electron chi connectivity index (χ1n) is 6.47. The molecule has 0 fully saturated rings. The van der Waals surface area contributed by atoms with Gasteiger partial charge in [-0.25, -0.2) is 0 Å². The van der Waals surface area contributed by atoms with Gasteiger partial charge in [-0.1, -0.05) is 26.0 Å². The number of aromatic nitrogens is 2. The molecule has 0 radical (unpaired) electrons. The van der Waals surface area contributed by atoms with Gasteiger partial charge in [0.25, 0.3) is 5.91 Å². The molecule has 2 N–H and O–H groups in total. The van der Waals surface area contributed by atoms with Gasteiger partial charge in [0.2, 0.25) is 0 Å². The smallest absolute Gasteiger partial charge is 0.251 e. The number of carbonyl (C=O) groups excluding carboxylic acids is 1. The van der Waals surface area contributed by atoms with Gasteiger partial charge in [-0.3, -0.25) is 9.89 Å². The van der Waals surface area contributed by atoms with Crippen LogP contribution in [0.15, 0.2) is 36.7 Å². The second-order valence-electron chi connectivity index (χ2n) is 5.00. The van der Waals surface area contributed by atoms with Crippen molar-refractivity contribution in [3.05, 3.63) is 53.3 Å². The molecule has 100 valence electrons. The second kappa shape index (κ2) is 5.69. The van der Waals surface area contributed by atoms with Crippen LogP contribution < -0.4 is 5.32 Å². The lowest BCUT2D eigenvalue weighted by atomic mass is 10.0. The highest BCUT2D eigenvalue weighted by atomic mass is 16.1. The highest BCUT2D eigenvalue weighted by Crippen LogP contribution is 2.15. The van der Waals surface area contributed by atoms with Crippen LogP contribution >= 0.6 is 0 Å². The van der Waals surface area contributed by atoms with Gasteiger partial charge in [0.15, 0.2) is 0 Å². The van der Waals surface area contributed by atoms with Crippen LogP contribution in [0.5, 0.6) is 0 Å². The predicted octanol–water partition coefficient (Wildman–Crippen LogP) is 3.02. The zero-order chi connectivity index (χ0) is 13.8. The SMILES string of the molecule is CC(C)c1ccc(C(=O)NC(C)c2cn[nH]c2)cc1. The number of carbonyl (C=O) groups is 1. The summed E-state index contributed by atoms with van der Waals surface area (Å²) < 4.78 is 0. The molecule has 2 rings (SSSR count). The lowest BCUT2D eigenvalue weighted by Crippen LogP contribution is -2.26. The molecule has 0 aliphatic rings. The zero-order valence-corrected chi connectivity index (χ0v) is 11.5. The molecule has 1 unspecified atom stereocenters. The molecule has 1 aromatic heterocycles. The van der Waals surface area contributed by atoms with Gasteiger partial charge in [-0.15, -0.1) is 0 Å². The molecule has 0 aliphatic heterocycles. The normalized spacial score (nSPS) is 12.4. The minimum atomic E-state index is -0.0657. The summed E-state index contributed by atoms with van der Waals surface area (Å²) in [5, 5.41) is 9.57. The molecule has 0 saturated carbocycles. The number of H-pyrrole nitrogens is 1. The Labute approximate surface area is 113 Å². The van der Waals surface area contributed by atoms with E-state index < -0.39 is 0 Å². The van der Waals surface area contributed by atoms with Gasteiger partial charge in [-0.2, -0.15) is 5.10 Å². The van der Waals surface area contributed by atoms with Crippen LogP contribution in [0.25, 0.3) is 0 Å². The second-order valence-corrected chi connectivity index (χ2v) is 5.00. The van der Waals surface area contributed by atoms with E-state index in [1.165, 1.54) is 5.56 Å². The van der Waals surface area contributed by atoms with E-state index in [0.29, 0.717) is 11.5 Å². The lowest BCUT2D eigenvalue weighted by molar-refractivity contribution is 0.0940. The molecule has 0 aliphatic carbocycles. The number of hydrogen-bond acceptors (Lipinski definition) is 2. The maximum atomic E-state index is 12.1. The van der Waals surface area contributed by atoms with Gasteiger partial charge in [0.1, 0.15) is 0 Å². The first-order chi connectivity index (χ1) is 9.08. The molecular formula is C15H19N3O. The van der Waals surface area contributed by atoms with Crippen LogP contribution in [-0.2, 0) is 0 Å². The highest BCUT2D eigenvalue weighted by molar-refractivity contribution is 5.94. The summed E-state index contributed by atoms with van der Waals surface area (Å²) in [6.07, 6.45) is 3.50. The fourth-order valence-electron chi connectivity index (χ4n) is 1.88. The quantitative estimate of drug-likeness (QED) is 0.884. The Bertz CT molecular complexity index is 529. The lowest BCUT2D eigenvalue weighted by Gasteiger charge is -2.12. The minimum absolute atomic E-state index is 0.0592. The van der Waals surface area contributed by atoms with Crippen molar-refractivity contribution in [2.75, 3.05) is 0 Å². The summed E-state index contributed by atoms with van der Waals surface area (Å²) >= 11 is 0. The van der Waals surface area contributed by atoms with Gasteiger partial charge < -0.3 is 5.32 Å². The zero-order valence-electron chi connectivity index (χ0n) is 11.5. The van der Waals surface area contributed by atoms with Crippen molar-refractivity contribution in [3.8, 4) is 0 Å². The molecule has 2 aromatic rings. The largest absolute Gasteiger partial charge is 0.345 e. The fraction of sp³-hybridized carbons (Fsp3) is 0.333. The molecule has 0 spiro atoms. The molecule has 19 heavy (non-hydrogen) atoms. The number of aromatic amines is 1. The molecule has 1 atom stereocenters. The molecule has 4 heteroatoms.